The van der Waals surface area contributed by atoms with Gasteiger partial charge in [0.1, 0.15) is 0 Å². The summed E-state index contributed by atoms with van der Waals surface area (Å²) in [5.74, 6) is 0.207. The van der Waals surface area contributed by atoms with Crippen LogP contribution in [-0.2, 0) is 4.79 Å². The Morgan fingerprint density at radius 1 is 1.07 bits per heavy atom. The maximum atomic E-state index is 11.2. The lowest BCUT2D eigenvalue weighted by Crippen LogP contribution is -2.50. The van der Waals surface area contributed by atoms with Crippen molar-refractivity contribution in [2.45, 2.75) is 50.5 Å². The maximum absolute atomic E-state index is 11.2. The highest BCUT2D eigenvalue weighted by Gasteiger charge is 2.32. The Bertz CT molecular complexity index is 207. The molecular formula is C11H20N2O. The maximum Gasteiger partial charge on any atom is 0.221 e. The first-order valence-electron chi connectivity index (χ1n) is 5.83. The first-order chi connectivity index (χ1) is 6.81. The van der Waals surface area contributed by atoms with Gasteiger partial charge in [-0.25, -0.2) is 0 Å². The van der Waals surface area contributed by atoms with Gasteiger partial charge in [-0.15, -0.1) is 0 Å². The highest BCUT2D eigenvalue weighted by molar-refractivity contribution is 5.76. The van der Waals surface area contributed by atoms with Gasteiger partial charge in [0.2, 0.25) is 5.91 Å². The summed E-state index contributed by atoms with van der Waals surface area (Å²) >= 11 is 0. The van der Waals surface area contributed by atoms with Crippen LogP contribution in [0.5, 0.6) is 0 Å². The number of hydrogen-bond donors (Lipinski definition) is 2. The van der Waals surface area contributed by atoms with E-state index in [0.29, 0.717) is 6.42 Å². The van der Waals surface area contributed by atoms with Crippen molar-refractivity contribution in [3.05, 3.63) is 0 Å². The predicted octanol–water partition coefficient (Wildman–Crippen LogP) is 1.19. The minimum atomic E-state index is 0.207. The molecule has 1 aliphatic carbocycles. The quantitative estimate of drug-likeness (QED) is 0.611. The van der Waals surface area contributed by atoms with Crippen molar-refractivity contribution < 1.29 is 4.79 Å². The van der Waals surface area contributed by atoms with E-state index < -0.39 is 0 Å². The molecule has 1 spiro atoms. The molecule has 1 aliphatic heterocycles. The van der Waals surface area contributed by atoms with Crippen molar-refractivity contribution in [3.63, 3.8) is 0 Å². The van der Waals surface area contributed by atoms with Gasteiger partial charge >= 0.3 is 0 Å². The fraction of sp³-hybridized carbons (Fsp3) is 0.909. The Kier molecular flexibility index (Phi) is 3.06. The van der Waals surface area contributed by atoms with E-state index in [-0.39, 0.29) is 11.4 Å². The third-order valence-corrected chi connectivity index (χ3v) is 3.54. The SMILES string of the molecule is O=C1CCNC2(CCCCCC2)CN1. The molecule has 2 aliphatic rings. The third-order valence-electron chi connectivity index (χ3n) is 3.54. The van der Waals surface area contributed by atoms with Crippen molar-refractivity contribution >= 4 is 5.91 Å². The molecular weight excluding hydrogens is 176 g/mol. The topological polar surface area (TPSA) is 41.1 Å². The van der Waals surface area contributed by atoms with E-state index in [9.17, 15) is 4.79 Å². The molecule has 3 heteroatoms. The lowest BCUT2D eigenvalue weighted by atomic mass is 9.90. The Labute approximate surface area is 85.6 Å². The van der Waals surface area contributed by atoms with E-state index in [0.717, 1.165) is 13.1 Å². The summed E-state index contributed by atoms with van der Waals surface area (Å²) in [5, 5.41) is 6.62. The van der Waals surface area contributed by atoms with Gasteiger partial charge in [-0.1, -0.05) is 25.7 Å². The fourth-order valence-corrected chi connectivity index (χ4v) is 2.62. The minimum absolute atomic E-state index is 0.207. The smallest absolute Gasteiger partial charge is 0.221 e. The molecule has 1 amide bonds. The summed E-state index contributed by atoms with van der Waals surface area (Å²) in [6.45, 7) is 1.69. The lowest BCUT2D eigenvalue weighted by molar-refractivity contribution is -0.120. The van der Waals surface area contributed by atoms with Gasteiger partial charge in [0, 0.05) is 25.0 Å². The molecule has 1 saturated heterocycles. The third kappa shape index (κ3) is 2.27. The van der Waals surface area contributed by atoms with Gasteiger partial charge in [0.25, 0.3) is 0 Å². The van der Waals surface area contributed by atoms with Gasteiger partial charge in [0.15, 0.2) is 0 Å². The van der Waals surface area contributed by atoms with Gasteiger partial charge in [-0.05, 0) is 12.8 Å². The second-order valence-electron chi connectivity index (χ2n) is 4.65. The fourth-order valence-electron chi connectivity index (χ4n) is 2.62. The summed E-state index contributed by atoms with van der Waals surface area (Å²) in [4.78, 5) is 11.2. The van der Waals surface area contributed by atoms with Gasteiger partial charge < -0.3 is 10.6 Å². The van der Waals surface area contributed by atoms with E-state index in [1.54, 1.807) is 0 Å². The van der Waals surface area contributed by atoms with Crippen molar-refractivity contribution in [3.8, 4) is 0 Å². The van der Waals surface area contributed by atoms with Crippen LogP contribution in [0.3, 0.4) is 0 Å². The molecule has 1 saturated carbocycles. The Balaban J connectivity index is 2.00. The van der Waals surface area contributed by atoms with Crippen LogP contribution in [0.2, 0.25) is 0 Å². The molecule has 1 heterocycles. The van der Waals surface area contributed by atoms with Crippen molar-refractivity contribution in [1.29, 1.82) is 0 Å². The van der Waals surface area contributed by atoms with Crippen molar-refractivity contribution in [2.24, 2.45) is 0 Å². The van der Waals surface area contributed by atoms with Crippen LogP contribution in [0.15, 0.2) is 0 Å². The molecule has 0 aromatic rings. The highest BCUT2D eigenvalue weighted by Crippen LogP contribution is 2.27. The van der Waals surface area contributed by atoms with Gasteiger partial charge in [-0.2, -0.15) is 0 Å². The summed E-state index contributed by atoms with van der Waals surface area (Å²) in [7, 11) is 0. The van der Waals surface area contributed by atoms with Crippen LogP contribution >= 0.6 is 0 Å². The monoisotopic (exact) mass is 196 g/mol. The van der Waals surface area contributed by atoms with E-state index >= 15 is 0 Å². The zero-order valence-electron chi connectivity index (χ0n) is 8.77. The summed E-state index contributed by atoms with van der Waals surface area (Å²) in [6, 6.07) is 0. The second kappa shape index (κ2) is 4.30. The number of carbonyl (C=O) groups excluding carboxylic acids is 1. The molecule has 14 heavy (non-hydrogen) atoms. The molecule has 0 aromatic carbocycles. The molecule has 0 radical (unpaired) electrons. The van der Waals surface area contributed by atoms with E-state index in [4.69, 9.17) is 0 Å². The number of rotatable bonds is 0. The molecule has 0 bridgehead atoms. The molecule has 0 unspecified atom stereocenters. The molecule has 2 rings (SSSR count). The Morgan fingerprint density at radius 3 is 2.50 bits per heavy atom. The van der Waals surface area contributed by atoms with Crippen LogP contribution in [0.4, 0.5) is 0 Å². The average molecular weight is 196 g/mol. The summed E-state index contributed by atoms with van der Waals surface area (Å²) in [6.07, 6.45) is 8.43. The number of carbonyl (C=O) groups is 1. The van der Waals surface area contributed by atoms with Crippen molar-refractivity contribution in [2.75, 3.05) is 13.1 Å². The Morgan fingerprint density at radius 2 is 1.79 bits per heavy atom. The van der Waals surface area contributed by atoms with Gasteiger partial charge in [-0.3, -0.25) is 4.79 Å². The van der Waals surface area contributed by atoms with Crippen LogP contribution < -0.4 is 10.6 Å². The molecule has 0 aromatic heterocycles. The predicted molar refractivity (Wildman–Crippen MR) is 56.1 cm³/mol. The van der Waals surface area contributed by atoms with Crippen LogP contribution in [0.1, 0.15) is 44.9 Å². The van der Waals surface area contributed by atoms with E-state index in [2.05, 4.69) is 10.6 Å². The minimum Gasteiger partial charge on any atom is -0.354 e. The molecule has 2 fully saturated rings. The van der Waals surface area contributed by atoms with E-state index in [1.165, 1.54) is 38.5 Å². The largest absolute Gasteiger partial charge is 0.354 e. The molecule has 80 valence electrons. The first kappa shape index (κ1) is 9.97. The first-order valence-corrected chi connectivity index (χ1v) is 5.83. The molecule has 0 atom stereocenters. The van der Waals surface area contributed by atoms with Crippen LogP contribution in [0.25, 0.3) is 0 Å². The average Bonchev–Trinajstić information content (AvgIpc) is 2.50. The standard InChI is InChI=1S/C11H20N2O/c14-10-5-8-13-11(9-12-10)6-3-1-2-4-7-11/h13H,1-9H2,(H,12,14). The highest BCUT2D eigenvalue weighted by atomic mass is 16.1. The normalized spacial score (nSPS) is 27.9. The summed E-state index contributed by atoms with van der Waals surface area (Å²) in [5.41, 5.74) is 0.225. The molecule has 3 nitrogen and oxygen atoms in total. The second-order valence-corrected chi connectivity index (χ2v) is 4.65. The zero-order chi connectivity index (χ0) is 9.86. The van der Waals surface area contributed by atoms with Crippen LogP contribution in [0, 0.1) is 0 Å². The van der Waals surface area contributed by atoms with Crippen LogP contribution in [-0.4, -0.2) is 24.5 Å². The van der Waals surface area contributed by atoms with Gasteiger partial charge in [0.05, 0.1) is 0 Å². The Hall–Kier alpha value is -0.570. The van der Waals surface area contributed by atoms with E-state index in [1.807, 2.05) is 0 Å². The zero-order valence-corrected chi connectivity index (χ0v) is 8.77. The van der Waals surface area contributed by atoms with Crippen molar-refractivity contribution in [1.82, 2.24) is 10.6 Å². The summed E-state index contributed by atoms with van der Waals surface area (Å²) < 4.78 is 0. The number of nitrogens with one attached hydrogen (secondary N) is 2. The number of amides is 1. The lowest BCUT2D eigenvalue weighted by Gasteiger charge is -2.32. The number of hydrogen-bond acceptors (Lipinski definition) is 2. The molecule has 2 N–H and O–H groups in total.